The summed E-state index contributed by atoms with van der Waals surface area (Å²) in [6.07, 6.45) is 4.67. The maximum atomic E-state index is 13.5. The Morgan fingerprint density at radius 3 is 2.56 bits per heavy atom. The Morgan fingerprint density at radius 1 is 0.880 bits per heavy atom. The number of aromatic nitrogens is 4. The van der Waals surface area contributed by atoms with E-state index in [4.69, 9.17) is 0 Å². The smallest absolute Gasteiger partial charge is 0.182 e. The third-order valence-corrected chi connectivity index (χ3v) is 3.58. The molecule has 0 aliphatic rings. The third kappa shape index (κ3) is 2.99. The molecule has 0 fully saturated rings. The van der Waals surface area contributed by atoms with Crippen LogP contribution >= 0.6 is 0 Å². The zero-order valence-electron chi connectivity index (χ0n) is 12.8. The topological polar surface area (TPSA) is 63.6 Å². The fourth-order valence-corrected chi connectivity index (χ4v) is 2.41. The molecule has 0 radical (unpaired) electrons. The molecule has 7 heteroatoms. The average Bonchev–Trinajstić information content (AvgIpc) is 2.65. The molecule has 122 valence electrons. The van der Waals surface area contributed by atoms with Crippen molar-refractivity contribution < 1.29 is 8.78 Å². The van der Waals surface area contributed by atoms with Gasteiger partial charge in [0.25, 0.3) is 0 Å². The molecular weight excluding hydrogens is 324 g/mol. The second kappa shape index (κ2) is 6.20. The van der Waals surface area contributed by atoms with Crippen molar-refractivity contribution in [2.24, 2.45) is 0 Å². The van der Waals surface area contributed by atoms with E-state index in [-0.39, 0.29) is 0 Å². The van der Waals surface area contributed by atoms with Crippen LogP contribution in [0, 0.1) is 11.6 Å². The molecule has 2 heterocycles. The fourth-order valence-electron chi connectivity index (χ4n) is 2.41. The lowest BCUT2D eigenvalue weighted by Gasteiger charge is -2.11. The van der Waals surface area contributed by atoms with E-state index in [1.807, 2.05) is 24.3 Å². The van der Waals surface area contributed by atoms with E-state index in [0.717, 1.165) is 17.5 Å². The molecule has 0 unspecified atom stereocenters. The van der Waals surface area contributed by atoms with Crippen molar-refractivity contribution in [3.05, 3.63) is 72.7 Å². The van der Waals surface area contributed by atoms with Gasteiger partial charge in [-0.3, -0.25) is 4.98 Å². The van der Waals surface area contributed by atoms with Crippen LogP contribution in [0.4, 0.5) is 20.3 Å². The van der Waals surface area contributed by atoms with Gasteiger partial charge in [0.05, 0.1) is 11.7 Å². The van der Waals surface area contributed by atoms with E-state index in [1.54, 1.807) is 18.6 Å². The van der Waals surface area contributed by atoms with Crippen LogP contribution in [-0.4, -0.2) is 19.9 Å². The Kier molecular flexibility index (Phi) is 3.74. The summed E-state index contributed by atoms with van der Waals surface area (Å²) in [6, 6.07) is 11.0. The van der Waals surface area contributed by atoms with Crippen molar-refractivity contribution in [2.75, 3.05) is 5.32 Å². The largest absolute Gasteiger partial charge is 0.340 e. The van der Waals surface area contributed by atoms with Gasteiger partial charge < -0.3 is 5.32 Å². The standard InChI is InChI=1S/C18H11F2N5/c19-13-6-5-11(9-14(13)20)23-17-12-3-1-2-4-15(12)24-18(25-17)16-10-21-7-8-22-16/h1-10H,(H,23,24,25). The van der Waals surface area contributed by atoms with Gasteiger partial charge in [-0.1, -0.05) is 12.1 Å². The number of rotatable bonds is 3. The highest BCUT2D eigenvalue weighted by Gasteiger charge is 2.11. The predicted molar refractivity (Wildman–Crippen MR) is 90.2 cm³/mol. The molecule has 0 spiro atoms. The molecule has 0 aliphatic carbocycles. The van der Waals surface area contributed by atoms with Crippen LogP contribution in [0.1, 0.15) is 0 Å². The van der Waals surface area contributed by atoms with Gasteiger partial charge in [-0.2, -0.15) is 0 Å². The lowest BCUT2D eigenvalue weighted by atomic mass is 10.2. The number of para-hydroxylation sites is 1. The SMILES string of the molecule is Fc1ccc(Nc2nc(-c3cnccn3)nc3ccccc23)cc1F. The maximum Gasteiger partial charge on any atom is 0.182 e. The Bertz CT molecular complexity index is 1050. The van der Waals surface area contributed by atoms with Gasteiger partial charge in [0.2, 0.25) is 0 Å². The molecule has 4 rings (SSSR count). The monoisotopic (exact) mass is 335 g/mol. The first-order valence-electron chi connectivity index (χ1n) is 7.46. The summed E-state index contributed by atoms with van der Waals surface area (Å²) in [5.74, 6) is -0.981. The lowest BCUT2D eigenvalue weighted by Crippen LogP contribution is -2.01. The van der Waals surface area contributed by atoms with E-state index in [1.165, 1.54) is 6.07 Å². The second-order valence-corrected chi connectivity index (χ2v) is 5.26. The average molecular weight is 335 g/mol. The number of hydrogen-bond donors (Lipinski definition) is 1. The summed E-state index contributed by atoms with van der Waals surface area (Å²) >= 11 is 0. The molecule has 1 N–H and O–H groups in total. The van der Waals surface area contributed by atoms with Crippen LogP contribution in [0.3, 0.4) is 0 Å². The van der Waals surface area contributed by atoms with Crippen LogP contribution in [0.2, 0.25) is 0 Å². The molecule has 25 heavy (non-hydrogen) atoms. The van der Waals surface area contributed by atoms with Crippen LogP contribution < -0.4 is 5.32 Å². The third-order valence-electron chi connectivity index (χ3n) is 3.58. The van der Waals surface area contributed by atoms with E-state index in [9.17, 15) is 8.78 Å². The van der Waals surface area contributed by atoms with Crippen LogP contribution in [0.25, 0.3) is 22.4 Å². The number of benzene rings is 2. The molecular formula is C18H11F2N5. The number of hydrogen-bond acceptors (Lipinski definition) is 5. The summed E-state index contributed by atoms with van der Waals surface area (Å²) in [7, 11) is 0. The molecule has 0 bridgehead atoms. The number of nitrogens with one attached hydrogen (secondary N) is 1. The van der Waals surface area contributed by atoms with Crippen LogP contribution in [0.15, 0.2) is 61.1 Å². The minimum absolute atomic E-state index is 0.382. The Hall–Kier alpha value is -3.48. The van der Waals surface area contributed by atoms with Gasteiger partial charge in [-0.25, -0.2) is 23.7 Å². The van der Waals surface area contributed by atoms with Gasteiger partial charge in [0, 0.05) is 29.5 Å². The zero-order chi connectivity index (χ0) is 17.2. The Morgan fingerprint density at radius 2 is 1.76 bits per heavy atom. The van der Waals surface area contributed by atoms with Gasteiger partial charge in [-0.05, 0) is 24.3 Å². The van der Waals surface area contributed by atoms with Crippen molar-refractivity contribution in [2.45, 2.75) is 0 Å². The first-order valence-corrected chi connectivity index (χ1v) is 7.46. The van der Waals surface area contributed by atoms with E-state index < -0.39 is 11.6 Å². The highest BCUT2D eigenvalue weighted by molar-refractivity contribution is 5.92. The predicted octanol–water partition coefficient (Wildman–Crippen LogP) is 4.11. The van der Waals surface area contributed by atoms with E-state index >= 15 is 0 Å². The minimum atomic E-state index is -0.933. The molecule has 0 amide bonds. The summed E-state index contributed by atoms with van der Waals surface area (Å²) in [5.41, 5.74) is 1.60. The summed E-state index contributed by atoms with van der Waals surface area (Å²) in [4.78, 5) is 17.2. The summed E-state index contributed by atoms with van der Waals surface area (Å²) < 4.78 is 26.6. The first kappa shape index (κ1) is 15.1. The van der Waals surface area contributed by atoms with Gasteiger partial charge in [-0.15, -0.1) is 0 Å². The number of anilines is 2. The zero-order valence-corrected chi connectivity index (χ0v) is 12.8. The number of fused-ring (bicyclic) bond motifs is 1. The molecule has 0 aliphatic heterocycles. The minimum Gasteiger partial charge on any atom is -0.340 e. The molecule has 5 nitrogen and oxygen atoms in total. The van der Waals surface area contributed by atoms with E-state index in [0.29, 0.717) is 28.5 Å². The van der Waals surface area contributed by atoms with Crippen molar-refractivity contribution in [1.29, 1.82) is 0 Å². The van der Waals surface area contributed by atoms with Crippen molar-refractivity contribution >= 4 is 22.4 Å². The quantitative estimate of drug-likeness (QED) is 0.610. The molecule has 0 saturated heterocycles. The lowest BCUT2D eigenvalue weighted by molar-refractivity contribution is 0.509. The Labute approximate surface area is 141 Å². The molecule has 4 aromatic rings. The van der Waals surface area contributed by atoms with Crippen molar-refractivity contribution in [3.8, 4) is 11.5 Å². The Balaban J connectivity index is 1.85. The maximum absolute atomic E-state index is 13.5. The van der Waals surface area contributed by atoms with Gasteiger partial charge >= 0.3 is 0 Å². The highest BCUT2D eigenvalue weighted by Crippen LogP contribution is 2.27. The van der Waals surface area contributed by atoms with Crippen molar-refractivity contribution in [1.82, 2.24) is 19.9 Å². The highest BCUT2D eigenvalue weighted by atomic mass is 19.2. The molecule has 2 aromatic carbocycles. The second-order valence-electron chi connectivity index (χ2n) is 5.26. The van der Waals surface area contributed by atoms with Gasteiger partial charge in [0.15, 0.2) is 17.5 Å². The van der Waals surface area contributed by atoms with Gasteiger partial charge in [0.1, 0.15) is 11.5 Å². The number of nitrogens with zero attached hydrogens (tertiary/aromatic N) is 4. The van der Waals surface area contributed by atoms with E-state index in [2.05, 4.69) is 25.3 Å². The normalized spacial score (nSPS) is 10.8. The summed E-state index contributed by atoms with van der Waals surface area (Å²) in [5, 5.41) is 3.77. The van der Waals surface area contributed by atoms with Crippen LogP contribution in [0.5, 0.6) is 0 Å². The first-order chi connectivity index (χ1) is 12.2. The molecule has 0 saturated carbocycles. The fraction of sp³-hybridized carbons (Fsp3) is 0. The van der Waals surface area contributed by atoms with Crippen molar-refractivity contribution in [3.63, 3.8) is 0 Å². The van der Waals surface area contributed by atoms with Crippen LogP contribution in [-0.2, 0) is 0 Å². The molecule has 2 aromatic heterocycles. The summed E-state index contributed by atoms with van der Waals surface area (Å²) in [6.45, 7) is 0. The number of halogens is 2. The molecule has 0 atom stereocenters.